The molecule has 4 aromatic rings. The molecule has 6 nitrogen and oxygen atoms in total. The van der Waals surface area contributed by atoms with Crippen molar-refractivity contribution in [2.75, 3.05) is 0 Å². The summed E-state index contributed by atoms with van der Waals surface area (Å²) in [6, 6.07) is 13.0. The van der Waals surface area contributed by atoms with Gasteiger partial charge in [-0.25, -0.2) is 9.07 Å². The molecule has 0 N–H and O–H groups in total. The first-order valence-electron chi connectivity index (χ1n) is 9.49. The summed E-state index contributed by atoms with van der Waals surface area (Å²) in [7, 11) is 0. The van der Waals surface area contributed by atoms with E-state index < -0.39 is 0 Å². The molecule has 1 aromatic carbocycles. The highest BCUT2D eigenvalue weighted by Gasteiger charge is 2.15. The van der Waals surface area contributed by atoms with E-state index in [-0.39, 0.29) is 5.82 Å². The molecule has 0 bridgehead atoms. The number of halogens is 1. The van der Waals surface area contributed by atoms with Crippen molar-refractivity contribution >= 4 is 0 Å². The molecule has 4 rings (SSSR count). The van der Waals surface area contributed by atoms with Gasteiger partial charge in [-0.15, -0.1) is 10.2 Å². The number of benzene rings is 1. The fraction of sp³-hybridized carbons (Fsp3) is 0.227. The zero-order valence-corrected chi connectivity index (χ0v) is 16.5. The van der Waals surface area contributed by atoms with Crippen LogP contribution in [0, 0.1) is 19.7 Å². The molecule has 0 atom stereocenters. The number of hydrogen-bond acceptors (Lipinski definition) is 4. The molecule has 0 radical (unpaired) electrons. The van der Waals surface area contributed by atoms with E-state index in [0.717, 1.165) is 36.6 Å². The van der Waals surface area contributed by atoms with Crippen molar-refractivity contribution in [2.24, 2.45) is 0 Å². The monoisotopic (exact) mass is 390 g/mol. The average Bonchev–Trinajstić information content (AvgIpc) is 3.32. The Hall–Kier alpha value is -3.32. The second-order valence-electron chi connectivity index (χ2n) is 7.18. The molecule has 3 aromatic heterocycles. The van der Waals surface area contributed by atoms with E-state index in [4.69, 9.17) is 0 Å². The van der Waals surface area contributed by atoms with E-state index in [9.17, 15) is 4.39 Å². The first kappa shape index (κ1) is 19.0. The van der Waals surface area contributed by atoms with Crippen molar-refractivity contribution in [3.8, 4) is 0 Å². The predicted octanol–water partition coefficient (Wildman–Crippen LogP) is 3.74. The van der Waals surface area contributed by atoms with Crippen molar-refractivity contribution in [3.63, 3.8) is 0 Å². The van der Waals surface area contributed by atoms with Crippen LogP contribution in [0.1, 0.15) is 28.1 Å². The Morgan fingerprint density at radius 3 is 2.14 bits per heavy atom. The maximum Gasteiger partial charge on any atom is 0.139 e. The summed E-state index contributed by atoms with van der Waals surface area (Å²) in [4.78, 5) is 6.46. The number of aromatic nitrogens is 5. The lowest BCUT2D eigenvalue weighted by Gasteiger charge is -2.23. The van der Waals surface area contributed by atoms with Crippen LogP contribution in [0.4, 0.5) is 4.39 Å². The van der Waals surface area contributed by atoms with Crippen molar-refractivity contribution in [2.45, 2.75) is 33.5 Å². The first-order valence-corrected chi connectivity index (χ1v) is 9.49. The van der Waals surface area contributed by atoms with E-state index in [2.05, 4.69) is 44.7 Å². The Bertz CT molecular complexity index is 1050. The maximum absolute atomic E-state index is 13.3. The van der Waals surface area contributed by atoms with Gasteiger partial charge in [-0.05, 0) is 60.9 Å². The molecule has 0 amide bonds. The van der Waals surface area contributed by atoms with Crippen LogP contribution in [0.5, 0.6) is 0 Å². The lowest BCUT2D eigenvalue weighted by Crippen LogP contribution is -2.23. The number of aryl methyl sites for hydroxylation is 1. The Labute approximate surface area is 169 Å². The molecule has 29 heavy (non-hydrogen) atoms. The van der Waals surface area contributed by atoms with Gasteiger partial charge in [0.2, 0.25) is 0 Å². The highest BCUT2D eigenvalue weighted by atomic mass is 19.1. The van der Waals surface area contributed by atoms with E-state index in [1.54, 1.807) is 12.7 Å². The molecule has 0 saturated carbocycles. The van der Waals surface area contributed by atoms with Crippen LogP contribution in [0.3, 0.4) is 0 Å². The topological polar surface area (TPSA) is 51.8 Å². The highest BCUT2D eigenvalue weighted by Crippen LogP contribution is 2.20. The zero-order valence-electron chi connectivity index (χ0n) is 16.5. The van der Waals surface area contributed by atoms with Gasteiger partial charge in [0.25, 0.3) is 0 Å². The van der Waals surface area contributed by atoms with Crippen LogP contribution in [0.2, 0.25) is 0 Å². The summed E-state index contributed by atoms with van der Waals surface area (Å²) >= 11 is 0. The SMILES string of the molecule is Cc1cc(CN(Cc2ccncc2)Cc2ccc(F)cc2)c(C)n1-n1cnnc1. The van der Waals surface area contributed by atoms with Crippen LogP contribution >= 0.6 is 0 Å². The third-order valence-electron chi connectivity index (χ3n) is 5.01. The van der Waals surface area contributed by atoms with Crippen LogP contribution in [0.25, 0.3) is 0 Å². The number of pyridine rings is 1. The van der Waals surface area contributed by atoms with Crippen LogP contribution in [-0.2, 0) is 19.6 Å². The normalized spacial score (nSPS) is 11.3. The Balaban J connectivity index is 1.61. The van der Waals surface area contributed by atoms with E-state index >= 15 is 0 Å². The minimum absolute atomic E-state index is 0.216. The fourth-order valence-electron chi connectivity index (χ4n) is 3.64. The smallest absolute Gasteiger partial charge is 0.139 e. The molecule has 0 unspecified atom stereocenters. The van der Waals surface area contributed by atoms with E-state index in [0.29, 0.717) is 0 Å². The Morgan fingerprint density at radius 2 is 1.48 bits per heavy atom. The molecule has 0 saturated heterocycles. The minimum atomic E-state index is -0.216. The molecular weight excluding hydrogens is 367 g/mol. The molecule has 0 aliphatic rings. The van der Waals surface area contributed by atoms with Crippen molar-refractivity contribution in [1.29, 1.82) is 0 Å². The van der Waals surface area contributed by atoms with Gasteiger partial charge in [0, 0.05) is 43.4 Å². The zero-order chi connectivity index (χ0) is 20.2. The van der Waals surface area contributed by atoms with Crippen LogP contribution < -0.4 is 0 Å². The molecule has 7 heteroatoms. The first-order chi connectivity index (χ1) is 14.1. The van der Waals surface area contributed by atoms with Gasteiger partial charge in [0.05, 0.1) is 0 Å². The minimum Gasteiger partial charge on any atom is -0.291 e. The van der Waals surface area contributed by atoms with Gasteiger partial charge < -0.3 is 0 Å². The van der Waals surface area contributed by atoms with Crippen molar-refractivity contribution in [1.82, 2.24) is 29.4 Å². The third kappa shape index (κ3) is 4.41. The molecule has 0 fully saturated rings. The van der Waals surface area contributed by atoms with Gasteiger partial charge >= 0.3 is 0 Å². The largest absolute Gasteiger partial charge is 0.291 e. The summed E-state index contributed by atoms with van der Waals surface area (Å²) in [6.45, 7) is 6.44. The number of hydrogen-bond donors (Lipinski definition) is 0. The molecule has 0 spiro atoms. The molecule has 148 valence electrons. The Morgan fingerprint density at radius 1 is 0.862 bits per heavy atom. The lowest BCUT2D eigenvalue weighted by molar-refractivity contribution is 0.247. The molecule has 3 heterocycles. The number of rotatable bonds is 7. The van der Waals surface area contributed by atoms with Crippen molar-refractivity contribution < 1.29 is 4.39 Å². The highest BCUT2D eigenvalue weighted by molar-refractivity contribution is 5.27. The lowest BCUT2D eigenvalue weighted by atomic mass is 10.1. The van der Waals surface area contributed by atoms with Gasteiger partial charge in [0.1, 0.15) is 18.5 Å². The van der Waals surface area contributed by atoms with Crippen LogP contribution in [0.15, 0.2) is 67.5 Å². The number of nitrogens with zero attached hydrogens (tertiary/aromatic N) is 6. The quantitative estimate of drug-likeness (QED) is 0.482. The average molecular weight is 390 g/mol. The molecular formula is C22H23FN6. The summed E-state index contributed by atoms with van der Waals surface area (Å²) < 4.78 is 17.3. The van der Waals surface area contributed by atoms with Gasteiger partial charge in [-0.1, -0.05) is 12.1 Å². The van der Waals surface area contributed by atoms with E-state index in [1.807, 2.05) is 41.3 Å². The predicted molar refractivity (Wildman–Crippen MR) is 108 cm³/mol. The third-order valence-corrected chi connectivity index (χ3v) is 5.01. The van der Waals surface area contributed by atoms with Crippen molar-refractivity contribution in [3.05, 3.63) is 101 Å². The standard InChI is InChI=1S/C22H23FN6/c1-17-11-21(18(2)29(17)28-15-25-26-16-28)14-27(13-20-7-9-24-10-8-20)12-19-3-5-22(23)6-4-19/h3-11,15-16H,12-14H2,1-2H3. The second-order valence-corrected chi connectivity index (χ2v) is 7.18. The maximum atomic E-state index is 13.3. The Kier molecular flexibility index (Phi) is 5.48. The summed E-state index contributed by atoms with van der Waals surface area (Å²) in [5.41, 5.74) is 5.75. The summed E-state index contributed by atoms with van der Waals surface area (Å²) in [5.74, 6) is -0.216. The summed E-state index contributed by atoms with van der Waals surface area (Å²) in [6.07, 6.45) is 7.00. The van der Waals surface area contributed by atoms with E-state index in [1.165, 1.54) is 23.3 Å². The molecule has 0 aliphatic heterocycles. The molecule has 0 aliphatic carbocycles. The fourth-order valence-corrected chi connectivity index (χ4v) is 3.64. The van der Waals surface area contributed by atoms with Gasteiger partial charge in [-0.2, -0.15) is 0 Å². The van der Waals surface area contributed by atoms with Gasteiger partial charge in [0.15, 0.2) is 0 Å². The summed E-state index contributed by atoms with van der Waals surface area (Å²) in [5, 5.41) is 7.83. The van der Waals surface area contributed by atoms with Crippen LogP contribution in [-0.4, -0.2) is 29.4 Å². The second kappa shape index (κ2) is 8.36. The van der Waals surface area contributed by atoms with Gasteiger partial charge in [-0.3, -0.25) is 14.6 Å².